The first-order valence-electron chi connectivity index (χ1n) is 4.36. The maximum atomic E-state index is 6.05. The van der Waals surface area contributed by atoms with Crippen LogP contribution in [-0.2, 0) is 6.54 Å². The van der Waals surface area contributed by atoms with Crippen LogP contribution in [0.1, 0.15) is 11.3 Å². The van der Waals surface area contributed by atoms with Gasteiger partial charge >= 0.3 is 0 Å². The standard InChI is InChI=1S/C9H11ClN4/c1-6-8(10)14-5-7(3-11-2)4-12-9(14)13-6/h4-5,11H,3H2,1-2H3. The van der Waals surface area contributed by atoms with E-state index in [1.807, 2.05) is 20.2 Å². The van der Waals surface area contributed by atoms with E-state index in [9.17, 15) is 0 Å². The Hall–Kier alpha value is -1.13. The number of aromatic nitrogens is 3. The number of halogens is 1. The second kappa shape index (κ2) is 3.55. The van der Waals surface area contributed by atoms with E-state index in [0.717, 1.165) is 17.8 Å². The number of nitrogens with zero attached hydrogens (tertiary/aromatic N) is 3. The fraction of sp³-hybridized carbons (Fsp3) is 0.333. The SMILES string of the molecule is CNCc1cnc2nc(C)c(Cl)n2c1. The molecule has 0 saturated carbocycles. The van der Waals surface area contributed by atoms with Crippen LogP contribution in [-0.4, -0.2) is 21.4 Å². The van der Waals surface area contributed by atoms with Crippen LogP contribution >= 0.6 is 11.6 Å². The summed E-state index contributed by atoms with van der Waals surface area (Å²) in [7, 11) is 1.89. The highest BCUT2D eigenvalue weighted by Gasteiger charge is 2.06. The maximum Gasteiger partial charge on any atom is 0.235 e. The van der Waals surface area contributed by atoms with Gasteiger partial charge in [-0.3, -0.25) is 4.40 Å². The second-order valence-corrected chi connectivity index (χ2v) is 3.51. The van der Waals surface area contributed by atoms with Gasteiger partial charge < -0.3 is 5.32 Å². The molecule has 74 valence electrons. The predicted octanol–water partition coefficient (Wildman–Crippen LogP) is 1.41. The number of fused-ring (bicyclic) bond motifs is 1. The van der Waals surface area contributed by atoms with Crippen molar-refractivity contribution in [2.45, 2.75) is 13.5 Å². The minimum absolute atomic E-state index is 0.630. The molecule has 4 nitrogen and oxygen atoms in total. The van der Waals surface area contributed by atoms with Crippen molar-refractivity contribution in [3.63, 3.8) is 0 Å². The molecule has 0 spiro atoms. The van der Waals surface area contributed by atoms with Gasteiger partial charge in [0.25, 0.3) is 0 Å². The normalized spacial score (nSPS) is 11.1. The second-order valence-electron chi connectivity index (χ2n) is 3.15. The van der Waals surface area contributed by atoms with Gasteiger partial charge in [-0.25, -0.2) is 9.97 Å². The smallest absolute Gasteiger partial charge is 0.235 e. The molecule has 0 radical (unpaired) electrons. The van der Waals surface area contributed by atoms with Gasteiger partial charge in [0.05, 0.1) is 5.69 Å². The van der Waals surface area contributed by atoms with Crippen molar-refractivity contribution in [3.8, 4) is 0 Å². The van der Waals surface area contributed by atoms with Crippen LogP contribution in [0.25, 0.3) is 5.78 Å². The van der Waals surface area contributed by atoms with E-state index in [1.54, 1.807) is 10.6 Å². The van der Waals surface area contributed by atoms with Gasteiger partial charge in [0, 0.05) is 24.5 Å². The quantitative estimate of drug-likeness (QED) is 0.815. The summed E-state index contributed by atoms with van der Waals surface area (Å²) < 4.78 is 1.80. The van der Waals surface area contributed by atoms with Gasteiger partial charge in [-0.1, -0.05) is 11.6 Å². The lowest BCUT2D eigenvalue weighted by Crippen LogP contribution is -2.06. The van der Waals surface area contributed by atoms with Crippen molar-refractivity contribution in [1.29, 1.82) is 0 Å². The molecular weight excluding hydrogens is 200 g/mol. The van der Waals surface area contributed by atoms with Gasteiger partial charge in [0.15, 0.2) is 0 Å². The van der Waals surface area contributed by atoms with E-state index >= 15 is 0 Å². The van der Waals surface area contributed by atoms with E-state index in [1.165, 1.54) is 0 Å². The number of aryl methyl sites for hydroxylation is 1. The van der Waals surface area contributed by atoms with Gasteiger partial charge in [-0.2, -0.15) is 0 Å². The molecule has 0 atom stereocenters. The Morgan fingerprint density at radius 2 is 2.36 bits per heavy atom. The summed E-state index contributed by atoms with van der Waals surface area (Å²) in [4.78, 5) is 8.42. The average molecular weight is 211 g/mol. The van der Waals surface area contributed by atoms with Crippen LogP contribution in [0.15, 0.2) is 12.4 Å². The van der Waals surface area contributed by atoms with Crippen LogP contribution in [0, 0.1) is 6.92 Å². The fourth-order valence-electron chi connectivity index (χ4n) is 1.35. The molecule has 2 aromatic heterocycles. The summed E-state index contributed by atoms with van der Waals surface area (Å²) in [5.74, 6) is 0.646. The molecule has 0 aromatic carbocycles. The number of imidazole rings is 1. The lowest BCUT2D eigenvalue weighted by Gasteiger charge is -2.00. The molecule has 5 heteroatoms. The Labute approximate surface area is 86.9 Å². The first kappa shape index (κ1) is 9.43. The Bertz CT molecular complexity index is 463. The molecule has 2 aromatic rings. The van der Waals surface area contributed by atoms with Crippen LogP contribution in [0.3, 0.4) is 0 Å². The molecule has 0 aliphatic heterocycles. The Balaban J connectivity index is 2.58. The topological polar surface area (TPSA) is 42.2 Å². The number of nitrogens with one attached hydrogen (secondary N) is 1. The largest absolute Gasteiger partial charge is 0.316 e. The van der Waals surface area contributed by atoms with E-state index in [0.29, 0.717) is 10.9 Å². The minimum Gasteiger partial charge on any atom is -0.316 e. The molecule has 14 heavy (non-hydrogen) atoms. The first-order chi connectivity index (χ1) is 6.72. The van der Waals surface area contributed by atoms with E-state index in [2.05, 4.69) is 15.3 Å². The van der Waals surface area contributed by atoms with Crippen LogP contribution in [0.5, 0.6) is 0 Å². The summed E-state index contributed by atoms with van der Waals surface area (Å²) in [6.07, 6.45) is 3.75. The van der Waals surface area contributed by atoms with Crippen molar-refractivity contribution in [2.24, 2.45) is 0 Å². The highest BCUT2D eigenvalue weighted by Crippen LogP contribution is 2.16. The van der Waals surface area contributed by atoms with E-state index in [4.69, 9.17) is 11.6 Å². The molecule has 1 N–H and O–H groups in total. The minimum atomic E-state index is 0.630. The summed E-state index contributed by atoms with van der Waals surface area (Å²) in [6, 6.07) is 0. The van der Waals surface area contributed by atoms with Crippen LogP contribution < -0.4 is 5.32 Å². The Morgan fingerprint density at radius 3 is 3.07 bits per heavy atom. The monoisotopic (exact) mass is 210 g/mol. The van der Waals surface area contributed by atoms with Gasteiger partial charge in [-0.15, -0.1) is 0 Å². The number of hydrogen-bond acceptors (Lipinski definition) is 3. The molecule has 0 aliphatic carbocycles. The van der Waals surface area contributed by atoms with E-state index in [-0.39, 0.29) is 0 Å². The molecule has 0 amide bonds. The number of hydrogen-bond donors (Lipinski definition) is 1. The Kier molecular flexibility index (Phi) is 2.39. The molecule has 2 rings (SSSR count). The van der Waals surface area contributed by atoms with E-state index < -0.39 is 0 Å². The van der Waals surface area contributed by atoms with Crippen molar-refractivity contribution in [2.75, 3.05) is 7.05 Å². The zero-order valence-electron chi connectivity index (χ0n) is 8.08. The molecule has 0 fully saturated rings. The highest BCUT2D eigenvalue weighted by atomic mass is 35.5. The third kappa shape index (κ3) is 1.47. The van der Waals surface area contributed by atoms with Crippen molar-refractivity contribution in [3.05, 3.63) is 28.8 Å². The summed E-state index contributed by atoms with van der Waals surface area (Å²) >= 11 is 6.05. The van der Waals surface area contributed by atoms with Gasteiger partial charge in [0.2, 0.25) is 5.78 Å². The lowest BCUT2D eigenvalue weighted by molar-refractivity contribution is 0.804. The van der Waals surface area contributed by atoms with Crippen LogP contribution in [0.2, 0.25) is 5.15 Å². The third-order valence-electron chi connectivity index (χ3n) is 2.01. The molecular formula is C9H11ClN4. The predicted molar refractivity (Wildman–Crippen MR) is 55.5 cm³/mol. The van der Waals surface area contributed by atoms with Crippen molar-refractivity contribution in [1.82, 2.24) is 19.7 Å². The lowest BCUT2D eigenvalue weighted by atomic mass is 10.3. The van der Waals surface area contributed by atoms with Crippen molar-refractivity contribution >= 4 is 17.4 Å². The highest BCUT2D eigenvalue weighted by molar-refractivity contribution is 6.30. The summed E-state index contributed by atoms with van der Waals surface area (Å²) in [5, 5.41) is 3.69. The zero-order chi connectivity index (χ0) is 10.1. The van der Waals surface area contributed by atoms with Crippen molar-refractivity contribution < 1.29 is 0 Å². The zero-order valence-corrected chi connectivity index (χ0v) is 8.84. The van der Waals surface area contributed by atoms with Crippen LogP contribution in [0.4, 0.5) is 0 Å². The molecule has 0 unspecified atom stereocenters. The Morgan fingerprint density at radius 1 is 1.57 bits per heavy atom. The molecule has 0 saturated heterocycles. The third-order valence-corrected chi connectivity index (χ3v) is 2.47. The van der Waals surface area contributed by atoms with Gasteiger partial charge in [-0.05, 0) is 14.0 Å². The maximum absolute atomic E-state index is 6.05. The molecule has 2 heterocycles. The fourth-order valence-corrected chi connectivity index (χ4v) is 1.52. The summed E-state index contributed by atoms with van der Waals surface area (Å²) in [6.45, 7) is 2.64. The number of rotatable bonds is 2. The summed E-state index contributed by atoms with van der Waals surface area (Å²) in [5.41, 5.74) is 1.89. The molecule has 0 aliphatic rings. The average Bonchev–Trinajstić information content (AvgIpc) is 2.45. The van der Waals surface area contributed by atoms with Gasteiger partial charge in [0.1, 0.15) is 5.15 Å². The molecule has 0 bridgehead atoms. The first-order valence-corrected chi connectivity index (χ1v) is 4.74.